The van der Waals surface area contributed by atoms with Gasteiger partial charge in [-0.2, -0.15) is 0 Å². The van der Waals surface area contributed by atoms with E-state index in [4.69, 9.17) is 9.47 Å². The van der Waals surface area contributed by atoms with Gasteiger partial charge in [0.05, 0.1) is 16.7 Å². The van der Waals surface area contributed by atoms with Crippen molar-refractivity contribution in [1.29, 1.82) is 0 Å². The van der Waals surface area contributed by atoms with Crippen LogP contribution in [0, 0.1) is 47.4 Å². The van der Waals surface area contributed by atoms with Crippen molar-refractivity contribution in [3.05, 3.63) is 94.5 Å². The van der Waals surface area contributed by atoms with E-state index in [1.807, 2.05) is 0 Å². The third-order valence-electron chi connectivity index (χ3n) is 6.81. The quantitative estimate of drug-likeness (QED) is 0.0886. The number of carbonyl (C=O) groups is 3. The molecule has 238 valence electrons. The molecule has 6 nitrogen and oxygen atoms in total. The number of hydrogen-bond acceptors (Lipinski definition) is 5. The monoisotopic (exact) mass is 626 g/mol. The molecule has 0 fully saturated rings. The van der Waals surface area contributed by atoms with Crippen LogP contribution < -0.4 is 9.47 Å². The molecule has 0 aromatic heterocycles. The molecule has 0 radical (unpaired) electrons. The first-order valence-electron chi connectivity index (χ1n) is 15.9. The molecule has 3 aromatic carbocycles. The number of rotatable bonds is 13. The molecule has 0 unspecified atom stereocenters. The molecule has 47 heavy (non-hydrogen) atoms. The minimum atomic E-state index is -1.31. The zero-order valence-electron chi connectivity index (χ0n) is 26.9. The van der Waals surface area contributed by atoms with E-state index in [9.17, 15) is 19.5 Å². The molecular weight excluding hydrogens is 588 g/mol. The van der Waals surface area contributed by atoms with Gasteiger partial charge < -0.3 is 14.6 Å². The summed E-state index contributed by atoms with van der Waals surface area (Å²) in [6.07, 6.45) is 10.9. The van der Waals surface area contributed by atoms with Crippen LogP contribution in [0.25, 0.3) is 0 Å². The minimum absolute atomic E-state index is 0.118. The summed E-state index contributed by atoms with van der Waals surface area (Å²) in [5, 5.41) is 9.59. The lowest BCUT2D eigenvalue weighted by molar-refractivity contribution is 0.0697. The van der Waals surface area contributed by atoms with Gasteiger partial charge in [0.2, 0.25) is 0 Å². The highest BCUT2D eigenvalue weighted by atomic mass is 16.5. The Morgan fingerprint density at radius 3 is 1.34 bits per heavy atom. The molecule has 3 rings (SSSR count). The molecule has 0 aliphatic heterocycles. The number of carbonyl (C=O) groups excluding carboxylic acids is 2. The predicted molar refractivity (Wildman–Crippen MR) is 183 cm³/mol. The molecule has 0 atom stereocenters. The highest BCUT2D eigenvalue weighted by Crippen LogP contribution is 2.19. The topological polar surface area (TPSA) is 89.9 Å². The summed E-state index contributed by atoms with van der Waals surface area (Å²) in [6.45, 7) is 4.34. The Bertz CT molecular complexity index is 1650. The van der Waals surface area contributed by atoms with Crippen LogP contribution in [-0.4, -0.2) is 23.0 Å². The second kappa shape index (κ2) is 20.4. The van der Waals surface area contributed by atoms with Crippen LogP contribution in [-0.2, 0) is 0 Å². The highest BCUT2D eigenvalue weighted by Gasteiger charge is 2.19. The van der Waals surface area contributed by atoms with Gasteiger partial charge in [-0.3, -0.25) is 0 Å². The van der Waals surface area contributed by atoms with Gasteiger partial charge in [0.1, 0.15) is 11.5 Å². The summed E-state index contributed by atoms with van der Waals surface area (Å²) in [5.74, 6) is 20.8. The van der Waals surface area contributed by atoms with E-state index in [0.717, 1.165) is 37.8 Å². The number of carboxylic acids is 1. The zero-order chi connectivity index (χ0) is 33.7. The summed E-state index contributed by atoms with van der Waals surface area (Å²) in [5.41, 5.74) is 0.898. The van der Waals surface area contributed by atoms with Crippen molar-refractivity contribution in [2.24, 2.45) is 0 Å². The first-order chi connectivity index (χ1) is 22.9. The van der Waals surface area contributed by atoms with Crippen LogP contribution in [0.15, 0.2) is 66.7 Å². The van der Waals surface area contributed by atoms with Crippen LogP contribution in [0.4, 0.5) is 0 Å². The van der Waals surface area contributed by atoms with Crippen molar-refractivity contribution in [2.75, 3.05) is 0 Å². The lowest BCUT2D eigenvalue weighted by atomic mass is 10.1. The lowest BCUT2D eigenvalue weighted by Gasteiger charge is -2.09. The number of esters is 2. The Morgan fingerprint density at radius 2 is 0.957 bits per heavy atom. The third-order valence-corrected chi connectivity index (χ3v) is 6.81. The fourth-order valence-electron chi connectivity index (χ4n) is 4.23. The van der Waals surface area contributed by atoms with Crippen molar-refractivity contribution in [3.63, 3.8) is 0 Å². The van der Waals surface area contributed by atoms with E-state index >= 15 is 0 Å². The number of benzene rings is 3. The Kier molecular flexibility index (Phi) is 15.5. The molecule has 0 amide bonds. The minimum Gasteiger partial charge on any atom is -0.478 e. The summed E-state index contributed by atoms with van der Waals surface area (Å²) in [4.78, 5) is 37.6. The Morgan fingerprint density at radius 1 is 0.553 bits per heavy atom. The fourth-order valence-corrected chi connectivity index (χ4v) is 4.23. The summed E-state index contributed by atoms with van der Waals surface area (Å²) < 4.78 is 10.9. The second-order valence-electron chi connectivity index (χ2n) is 10.7. The van der Waals surface area contributed by atoms with E-state index in [1.54, 1.807) is 48.5 Å². The molecule has 0 heterocycles. The molecular formula is C41H38O6. The normalized spacial score (nSPS) is 9.57. The molecule has 0 bridgehead atoms. The van der Waals surface area contributed by atoms with Crippen LogP contribution in [0.1, 0.15) is 120 Å². The Labute approximate surface area is 277 Å². The zero-order valence-corrected chi connectivity index (χ0v) is 26.9. The summed E-state index contributed by atoms with van der Waals surface area (Å²) in [7, 11) is 0. The lowest BCUT2D eigenvalue weighted by Crippen LogP contribution is -2.15. The number of hydrogen-bond donors (Lipinski definition) is 1. The molecule has 0 saturated carbocycles. The van der Waals surface area contributed by atoms with E-state index < -0.39 is 17.9 Å². The van der Waals surface area contributed by atoms with Crippen LogP contribution >= 0.6 is 0 Å². The number of carboxylic acid groups (broad SMARTS) is 1. The van der Waals surface area contributed by atoms with Gasteiger partial charge in [-0.15, -0.1) is 0 Å². The van der Waals surface area contributed by atoms with Crippen LogP contribution in [0.2, 0.25) is 0 Å². The van der Waals surface area contributed by atoms with Crippen LogP contribution in [0.3, 0.4) is 0 Å². The van der Waals surface area contributed by atoms with Gasteiger partial charge in [0, 0.05) is 24.0 Å². The van der Waals surface area contributed by atoms with Crippen LogP contribution in [0.5, 0.6) is 11.5 Å². The molecule has 1 N–H and O–H groups in total. The second-order valence-corrected chi connectivity index (χ2v) is 10.7. The van der Waals surface area contributed by atoms with Gasteiger partial charge in [-0.25, -0.2) is 14.4 Å². The molecule has 6 heteroatoms. The SMILES string of the molecule is CCCCCCC#CC#Cc1ccc(OC(=O)c2cc(C(=O)O)cc(C(=O)Oc3ccc(C#CC#CCCCCCC)cc3)c2)cc1. The van der Waals surface area contributed by atoms with E-state index in [-0.39, 0.29) is 28.2 Å². The smallest absolute Gasteiger partial charge is 0.343 e. The molecule has 0 spiro atoms. The third kappa shape index (κ3) is 13.5. The molecule has 0 aliphatic rings. The molecule has 0 aliphatic carbocycles. The maximum absolute atomic E-state index is 12.9. The Hall–Kier alpha value is -5.69. The van der Waals surface area contributed by atoms with Crippen molar-refractivity contribution in [1.82, 2.24) is 0 Å². The van der Waals surface area contributed by atoms with Crippen molar-refractivity contribution in [3.8, 4) is 58.9 Å². The number of unbranched alkanes of at least 4 members (excludes halogenated alkanes) is 8. The van der Waals surface area contributed by atoms with Gasteiger partial charge in [-0.1, -0.05) is 76.1 Å². The largest absolute Gasteiger partial charge is 0.478 e. The summed E-state index contributed by atoms with van der Waals surface area (Å²) >= 11 is 0. The first kappa shape index (κ1) is 35.8. The summed E-state index contributed by atoms with van der Waals surface area (Å²) in [6, 6.07) is 16.6. The molecule has 3 aromatic rings. The maximum Gasteiger partial charge on any atom is 0.343 e. The fraction of sp³-hybridized carbons (Fsp3) is 0.293. The average Bonchev–Trinajstić information content (AvgIpc) is 3.08. The molecule has 0 saturated heterocycles. The number of aromatic carboxylic acids is 1. The highest BCUT2D eigenvalue weighted by molar-refractivity contribution is 6.01. The van der Waals surface area contributed by atoms with Gasteiger partial charge >= 0.3 is 17.9 Å². The van der Waals surface area contributed by atoms with Gasteiger partial charge in [-0.05, 0) is 103 Å². The van der Waals surface area contributed by atoms with Crippen molar-refractivity contribution in [2.45, 2.75) is 78.1 Å². The van der Waals surface area contributed by atoms with Crippen molar-refractivity contribution < 1.29 is 29.0 Å². The standard InChI is InChI=1S/C41H38O6/c1-3-5-7-9-11-13-15-17-19-32-21-25-37(26-22-32)46-40(44)35-29-34(39(42)43)30-36(31-35)41(45)47-38-27-23-33(24-28-38)20-18-16-14-12-10-8-6-4-2/h21-31H,3-12H2,1-2H3,(H,42,43). The first-order valence-corrected chi connectivity index (χ1v) is 15.9. The van der Waals surface area contributed by atoms with E-state index in [0.29, 0.717) is 11.1 Å². The van der Waals surface area contributed by atoms with Gasteiger partial charge in [0.15, 0.2) is 0 Å². The van der Waals surface area contributed by atoms with E-state index in [1.165, 1.54) is 44.6 Å². The van der Waals surface area contributed by atoms with Crippen molar-refractivity contribution >= 4 is 17.9 Å². The predicted octanol–water partition coefficient (Wildman–Crippen LogP) is 8.47. The number of ether oxygens (including phenoxy) is 2. The average molecular weight is 627 g/mol. The van der Waals surface area contributed by atoms with Gasteiger partial charge in [0.25, 0.3) is 0 Å². The Balaban J connectivity index is 1.61. The van der Waals surface area contributed by atoms with E-state index in [2.05, 4.69) is 61.2 Å². The maximum atomic E-state index is 12.9.